The monoisotopic (exact) mass is 754 g/mol. The van der Waals surface area contributed by atoms with Gasteiger partial charge in [-0.25, -0.2) is 8.42 Å². The third-order valence-corrected chi connectivity index (χ3v) is 11.1. The number of carbonyl (C=O) groups is 3. The minimum absolute atomic E-state index is 0.0939. The number of rotatable bonds is 9. The maximum atomic E-state index is 13.8. The van der Waals surface area contributed by atoms with Crippen LogP contribution in [0.2, 0.25) is 10.0 Å². The molecular formula is C30H29Cl2IN4O5S. The van der Waals surface area contributed by atoms with E-state index in [1.807, 2.05) is 6.07 Å². The lowest BCUT2D eigenvalue weighted by molar-refractivity contribution is -0.128. The summed E-state index contributed by atoms with van der Waals surface area (Å²) in [6.45, 7) is 0.283. The van der Waals surface area contributed by atoms with Gasteiger partial charge in [-0.05, 0) is 89.6 Å². The quantitative estimate of drug-likeness (QED) is 0.224. The number of hydrogen-bond donors (Lipinski definition) is 2. The Kier molecular flexibility index (Phi) is 10.1. The van der Waals surface area contributed by atoms with Gasteiger partial charge in [0, 0.05) is 28.2 Å². The number of hydrogen-bond acceptors (Lipinski definition) is 6. The summed E-state index contributed by atoms with van der Waals surface area (Å²) in [4.78, 5) is 42.5. The van der Waals surface area contributed by atoms with Gasteiger partial charge in [-0.3, -0.25) is 14.6 Å². The van der Waals surface area contributed by atoms with E-state index in [-0.39, 0.29) is 45.3 Å². The van der Waals surface area contributed by atoms with Crippen LogP contribution in [0.3, 0.4) is 0 Å². The fourth-order valence-electron chi connectivity index (χ4n) is 5.97. The molecule has 2 N–H and O–H groups in total. The first-order valence-electron chi connectivity index (χ1n) is 13.8. The van der Waals surface area contributed by atoms with E-state index in [0.29, 0.717) is 12.0 Å². The fourth-order valence-corrected chi connectivity index (χ4v) is 9.00. The number of benzene rings is 2. The highest BCUT2D eigenvalue weighted by atomic mass is 127. The SMILES string of the molecule is O=C[C@H](Cc1ccc(NC(=O)c2c(Cl)cncc2Cl)cc1)NC(=O)[C@@H]1[C@@H]2CCCC[C@@H]2CN1S(=O)(=O)c1cccc(I)c1. The zero-order chi connectivity index (χ0) is 30.7. The van der Waals surface area contributed by atoms with Crippen molar-refractivity contribution in [2.75, 3.05) is 11.9 Å². The molecule has 2 fully saturated rings. The van der Waals surface area contributed by atoms with E-state index in [2.05, 4.69) is 38.2 Å². The lowest BCUT2D eigenvalue weighted by Gasteiger charge is -2.30. The summed E-state index contributed by atoms with van der Waals surface area (Å²) in [5.74, 6) is -0.971. The Hall–Kier alpha value is -2.58. The third-order valence-electron chi connectivity index (χ3n) is 8.01. The van der Waals surface area contributed by atoms with Gasteiger partial charge in [-0.15, -0.1) is 0 Å². The van der Waals surface area contributed by atoms with E-state index in [4.69, 9.17) is 23.2 Å². The maximum Gasteiger partial charge on any atom is 0.258 e. The maximum absolute atomic E-state index is 13.8. The smallest absolute Gasteiger partial charge is 0.258 e. The molecule has 1 saturated heterocycles. The van der Waals surface area contributed by atoms with E-state index >= 15 is 0 Å². The molecule has 1 saturated carbocycles. The summed E-state index contributed by atoms with van der Waals surface area (Å²) in [6.07, 6.45) is 7.07. The van der Waals surface area contributed by atoms with Crippen molar-refractivity contribution >= 4 is 79.6 Å². The van der Waals surface area contributed by atoms with E-state index in [9.17, 15) is 22.8 Å². The Balaban J connectivity index is 1.29. The van der Waals surface area contributed by atoms with Gasteiger partial charge in [0.2, 0.25) is 15.9 Å². The van der Waals surface area contributed by atoms with E-state index in [1.165, 1.54) is 16.7 Å². The molecule has 0 spiro atoms. The molecule has 2 heterocycles. The van der Waals surface area contributed by atoms with Crippen molar-refractivity contribution in [3.05, 3.63) is 85.7 Å². The number of halogens is 3. The minimum Gasteiger partial charge on any atom is -0.345 e. The van der Waals surface area contributed by atoms with Gasteiger partial charge in [0.25, 0.3) is 5.91 Å². The lowest BCUT2D eigenvalue weighted by Crippen LogP contribution is -2.52. The molecule has 4 atom stereocenters. The van der Waals surface area contributed by atoms with Gasteiger partial charge in [-0.2, -0.15) is 4.31 Å². The minimum atomic E-state index is -3.93. The van der Waals surface area contributed by atoms with Crippen LogP contribution in [0, 0.1) is 15.4 Å². The molecule has 5 rings (SSSR count). The van der Waals surface area contributed by atoms with Gasteiger partial charge in [0.1, 0.15) is 12.3 Å². The van der Waals surface area contributed by atoms with Gasteiger partial charge < -0.3 is 15.4 Å². The number of nitrogens with zero attached hydrogens (tertiary/aromatic N) is 2. The van der Waals surface area contributed by atoms with Crippen LogP contribution in [0.4, 0.5) is 5.69 Å². The number of nitrogens with one attached hydrogen (secondary N) is 2. The van der Waals surface area contributed by atoms with Gasteiger partial charge >= 0.3 is 0 Å². The number of anilines is 1. The third kappa shape index (κ3) is 7.06. The zero-order valence-electron chi connectivity index (χ0n) is 22.9. The van der Waals surface area contributed by atoms with Crippen LogP contribution in [-0.4, -0.2) is 54.4 Å². The number of fused-ring (bicyclic) bond motifs is 1. The van der Waals surface area contributed by atoms with Crippen molar-refractivity contribution in [3.8, 4) is 0 Å². The topological polar surface area (TPSA) is 126 Å². The Bertz CT molecular complexity index is 1620. The second-order valence-corrected chi connectivity index (χ2v) is 14.7. The molecule has 2 amide bonds. The van der Waals surface area contributed by atoms with Gasteiger partial charge in [0.05, 0.1) is 26.5 Å². The van der Waals surface area contributed by atoms with Crippen LogP contribution in [-0.2, 0) is 26.0 Å². The Morgan fingerprint density at radius 2 is 1.77 bits per heavy atom. The van der Waals surface area contributed by atoms with Gasteiger partial charge in [0.15, 0.2) is 0 Å². The molecule has 1 aliphatic heterocycles. The van der Waals surface area contributed by atoms with Crippen LogP contribution in [0.5, 0.6) is 0 Å². The summed E-state index contributed by atoms with van der Waals surface area (Å²) in [7, 11) is -3.93. The van der Waals surface area contributed by atoms with Crippen molar-refractivity contribution in [3.63, 3.8) is 0 Å². The fraction of sp³-hybridized carbons (Fsp3) is 0.333. The predicted molar refractivity (Wildman–Crippen MR) is 173 cm³/mol. The average Bonchev–Trinajstić information content (AvgIpc) is 3.38. The van der Waals surface area contributed by atoms with Crippen LogP contribution >= 0.6 is 45.8 Å². The molecule has 0 radical (unpaired) electrons. The van der Waals surface area contributed by atoms with Crippen LogP contribution < -0.4 is 10.6 Å². The first kappa shape index (κ1) is 31.8. The molecule has 2 aliphatic rings. The molecule has 0 unspecified atom stereocenters. The molecule has 0 bridgehead atoms. The molecule has 1 aromatic heterocycles. The highest BCUT2D eigenvalue weighted by molar-refractivity contribution is 14.1. The first-order valence-corrected chi connectivity index (χ1v) is 17.1. The normalized spacial score (nSPS) is 21.0. The van der Waals surface area contributed by atoms with E-state index in [0.717, 1.165) is 34.8 Å². The van der Waals surface area contributed by atoms with Crippen molar-refractivity contribution in [1.29, 1.82) is 0 Å². The molecule has 1 aliphatic carbocycles. The summed E-state index contributed by atoms with van der Waals surface area (Å²) >= 11 is 14.2. The Morgan fingerprint density at radius 1 is 1.07 bits per heavy atom. The highest BCUT2D eigenvalue weighted by Crippen LogP contribution is 2.43. The molecule has 9 nitrogen and oxygen atoms in total. The van der Waals surface area contributed by atoms with E-state index < -0.39 is 33.9 Å². The number of aromatic nitrogens is 1. The first-order chi connectivity index (χ1) is 20.6. The highest BCUT2D eigenvalue weighted by Gasteiger charge is 2.51. The lowest BCUT2D eigenvalue weighted by atomic mass is 9.78. The summed E-state index contributed by atoms with van der Waals surface area (Å²) in [5, 5.41) is 5.79. The zero-order valence-corrected chi connectivity index (χ0v) is 27.4. The Morgan fingerprint density at radius 3 is 2.44 bits per heavy atom. The van der Waals surface area contributed by atoms with Crippen LogP contribution in [0.25, 0.3) is 0 Å². The van der Waals surface area contributed by atoms with Crippen LogP contribution in [0.1, 0.15) is 41.6 Å². The summed E-state index contributed by atoms with van der Waals surface area (Å²) < 4.78 is 29.6. The van der Waals surface area contributed by atoms with Crippen molar-refractivity contribution < 1.29 is 22.8 Å². The number of carbonyl (C=O) groups excluding carboxylic acids is 3. The summed E-state index contributed by atoms with van der Waals surface area (Å²) in [6, 6.07) is 11.7. The number of amides is 2. The second-order valence-electron chi connectivity index (χ2n) is 10.8. The number of aldehydes is 1. The van der Waals surface area contributed by atoms with E-state index in [1.54, 1.807) is 42.5 Å². The summed E-state index contributed by atoms with van der Waals surface area (Å²) in [5.41, 5.74) is 1.33. The van der Waals surface area contributed by atoms with Crippen molar-refractivity contribution in [1.82, 2.24) is 14.6 Å². The molecule has 226 valence electrons. The molecule has 43 heavy (non-hydrogen) atoms. The second kappa shape index (κ2) is 13.6. The van der Waals surface area contributed by atoms with Crippen LogP contribution in [0.15, 0.2) is 65.8 Å². The number of pyridine rings is 1. The standard InChI is InChI=1S/C30H29Cl2IN4O5S/c31-25-14-34-15-26(32)27(25)29(39)35-21-10-8-18(9-11-21)12-22(17-38)36-30(40)28-24-7-2-1-4-19(24)16-37(28)43(41,42)23-6-3-5-20(33)13-23/h3,5-6,8-11,13-15,17,19,22,24,28H,1-2,4,7,12,16H2,(H,35,39)(H,36,40)/t19-,22+,24-,28+/m1/s1. The average molecular weight is 755 g/mol. The molecule has 3 aromatic rings. The molecule has 2 aromatic carbocycles. The Labute approximate surface area is 273 Å². The predicted octanol–water partition coefficient (Wildman–Crippen LogP) is 5.35. The number of sulfonamides is 1. The van der Waals surface area contributed by atoms with Crippen molar-refractivity contribution in [2.45, 2.75) is 49.1 Å². The largest absolute Gasteiger partial charge is 0.345 e. The molecule has 13 heteroatoms. The van der Waals surface area contributed by atoms with Crippen molar-refractivity contribution in [2.24, 2.45) is 11.8 Å². The van der Waals surface area contributed by atoms with Gasteiger partial charge in [-0.1, -0.05) is 54.2 Å². The molecular weight excluding hydrogens is 726 g/mol.